The molecule has 2 aromatic rings. The van der Waals surface area contributed by atoms with E-state index in [0.29, 0.717) is 5.69 Å². The van der Waals surface area contributed by atoms with Crippen LogP contribution < -0.4 is 5.73 Å². The third-order valence-corrected chi connectivity index (χ3v) is 2.19. The molecule has 0 saturated heterocycles. The van der Waals surface area contributed by atoms with Crippen LogP contribution in [0.25, 0.3) is 0 Å². The average molecular weight is 242 g/mol. The second kappa shape index (κ2) is 4.08. The highest BCUT2D eigenvalue weighted by Gasteiger charge is 2.33. The van der Waals surface area contributed by atoms with Crippen LogP contribution in [-0.4, -0.2) is 14.8 Å². The Kier molecular flexibility index (Phi) is 2.74. The fourth-order valence-corrected chi connectivity index (χ4v) is 1.47. The van der Waals surface area contributed by atoms with E-state index in [1.807, 2.05) is 0 Å². The number of nitrogens with zero attached hydrogens (tertiary/aromatic N) is 3. The molecule has 2 aromatic heterocycles. The van der Waals surface area contributed by atoms with E-state index in [-0.39, 0.29) is 12.1 Å². The maximum absolute atomic E-state index is 12.7. The predicted molar refractivity (Wildman–Crippen MR) is 55.0 cm³/mol. The predicted octanol–water partition coefficient (Wildman–Crippen LogP) is 1.93. The summed E-state index contributed by atoms with van der Waals surface area (Å²) in [5.41, 5.74) is 5.19. The third-order valence-electron chi connectivity index (χ3n) is 2.19. The summed E-state index contributed by atoms with van der Waals surface area (Å²) < 4.78 is 39.4. The van der Waals surface area contributed by atoms with Crippen molar-refractivity contribution < 1.29 is 13.2 Å². The fraction of sp³-hybridized carbons (Fsp3) is 0.200. The molecule has 0 unspecified atom stereocenters. The normalized spacial score (nSPS) is 11.7. The van der Waals surface area contributed by atoms with Gasteiger partial charge in [0.1, 0.15) is 0 Å². The first-order chi connectivity index (χ1) is 7.97. The van der Waals surface area contributed by atoms with Crippen molar-refractivity contribution in [1.82, 2.24) is 14.8 Å². The lowest BCUT2D eigenvalue weighted by atomic mass is 10.1. The summed E-state index contributed by atoms with van der Waals surface area (Å²) >= 11 is 0. The van der Waals surface area contributed by atoms with Gasteiger partial charge in [0, 0.05) is 24.2 Å². The van der Waals surface area contributed by atoms with Crippen LogP contribution in [0.15, 0.2) is 30.9 Å². The van der Waals surface area contributed by atoms with Crippen molar-refractivity contribution in [2.75, 3.05) is 5.73 Å². The Morgan fingerprint density at radius 2 is 2.06 bits per heavy atom. The zero-order valence-corrected chi connectivity index (χ0v) is 8.65. The topological polar surface area (TPSA) is 56.7 Å². The van der Waals surface area contributed by atoms with Gasteiger partial charge in [0.2, 0.25) is 0 Å². The summed E-state index contributed by atoms with van der Waals surface area (Å²) in [7, 11) is 0. The molecule has 0 fully saturated rings. The summed E-state index contributed by atoms with van der Waals surface area (Å²) in [5.74, 6) is 0. The van der Waals surface area contributed by atoms with Gasteiger partial charge in [-0.2, -0.15) is 18.3 Å². The number of pyridine rings is 1. The molecule has 0 spiro atoms. The third kappa shape index (κ3) is 2.55. The SMILES string of the molecule is Nc1cnn(Cc2cnccc2C(F)(F)F)c1. The first-order valence-corrected chi connectivity index (χ1v) is 4.75. The maximum atomic E-state index is 12.7. The first-order valence-electron chi connectivity index (χ1n) is 4.75. The number of hydrogen-bond acceptors (Lipinski definition) is 3. The molecule has 7 heteroatoms. The Balaban J connectivity index is 2.33. The molecule has 0 atom stereocenters. The van der Waals surface area contributed by atoms with Crippen LogP contribution in [0.3, 0.4) is 0 Å². The summed E-state index contributed by atoms with van der Waals surface area (Å²) in [6.45, 7) is -0.0140. The van der Waals surface area contributed by atoms with E-state index in [1.165, 1.54) is 23.3 Å². The molecule has 0 aliphatic carbocycles. The number of nitrogen functional groups attached to an aromatic ring is 1. The van der Waals surface area contributed by atoms with Crippen molar-refractivity contribution in [2.24, 2.45) is 0 Å². The maximum Gasteiger partial charge on any atom is 0.416 e. The number of halogens is 3. The minimum absolute atomic E-state index is 0.0140. The van der Waals surface area contributed by atoms with Crippen LogP contribution in [0.1, 0.15) is 11.1 Å². The van der Waals surface area contributed by atoms with Gasteiger partial charge in [0.25, 0.3) is 0 Å². The smallest absolute Gasteiger partial charge is 0.396 e. The Bertz CT molecular complexity index is 518. The standard InChI is InChI=1S/C10H9F3N4/c11-10(12,13)9-1-2-15-3-7(9)5-17-6-8(14)4-16-17/h1-4,6H,5,14H2. The number of aromatic nitrogens is 3. The van der Waals surface area contributed by atoms with E-state index in [1.54, 1.807) is 0 Å². The van der Waals surface area contributed by atoms with E-state index < -0.39 is 11.7 Å². The lowest BCUT2D eigenvalue weighted by Gasteiger charge is -2.11. The molecule has 0 bridgehead atoms. The minimum Gasteiger partial charge on any atom is -0.396 e. The lowest BCUT2D eigenvalue weighted by Crippen LogP contribution is -2.12. The average Bonchev–Trinajstić information content (AvgIpc) is 2.63. The molecule has 17 heavy (non-hydrogen) atoms. The van der Waals surface area contributed by atoms with Gasteiger partial charge in [-0.1, -0.05) is 0 Å². The molecule has 2 N–H and O–H groups in total. The Morgan fingerprint density at radius 1 is 1.29 bits per heavy atom. The van der Waals surface area contributed by atoms with Crippen LogP contribution in [0, 0.1) is 0 Å². The zero-order chi connectivity index (χ0) is 12.5. The molecule has 0 aliphatic rings. The van der Waals surface area contributed by atoms with Gasteiger partial charge in [0.15, 0.2) is 0 Å². The van der Waals surface area contributed by atoms with Crippen molar-refractivity contribution in [2.45, 2.75) is 12.7 Å². The van der Waals surface area contributed by atoms with Gasteiger partial charge in [-0.15, -0.1) is 0 Å². The van der Waals surface area contributed by atoms with E-state index in [0.717, 1.165) is 12.3 Å². The van der Waals surface area contributed by atoms with Crippen molar-refractivity contribution in [1.29, 1.82) is 0 Å². The van der Waals surface area contributed by atoms with Crippen LogP contribution >= 0.6 is 0 Å². The van der Waals surface area contributed by atoms with Crippen molar-refractivity contribution in [3.05, 3.63) is 42.0 Å². The molecule has 4 nitrogen and oxygen atoms in total. The second-order valence-electron chi connectivity index (χ2n) is 3.50. The monoisotopic (exact) mass is 242 g/mol. The lowest BCUT2D eigenvalue weighted by molar-refractivity contribution is -0.138. The van der Waals surface area contributed by atoms with Crippen LogP contribution in [0.4, 0.5) is 18.9 Å². The number of hydrogen-bond donors (Lipinski definition) is 1. The summed E-state index contributed by atoms with van der Waals surface area (Å²) in [6, 6.07) is 0.947. The van der Waals surface area contributed by atoms with Crippen LogP contribution in [0.2, 0.25) is 0 Å². The molecule has 0 aromatic carbocycles. The van der Waals surface area contributed by atoms with Gasteiger partial charge in [0.05, 0.1) is 24.0 Å². The Hall–Kier alpha value is -2.05. The molecule has 2 rings (SSSR count). The number of rotatable bonds is 2. The first kappa shape index (κ1) is 11.4. The van der Waals surface area contributed by atoms with Crippen molar-refractivity contribution in [3.63, 3.8) is 0 Å². The highest BCUT2D eigenvalue weighted by molar-refractivity contribution is 5.32. The van der Waals surface area contributed by atoms with Crippen LogP contribution in [-0.2, 0) is 12.7 Å². The van der Waals surface area contributed by atoms with Crippen molar-refractivity contribution in [3.8, 4) is 0 Å². The zero-order valence-electron chi connectivity index (χ0n) is 8.65. The van der Waals surface area contributed by atoms with E-state index in [9.17, 15) is 13.2 Å². The Labute approximate surface area is 94.9 Å². The molecule has 0 radical (unpaired) electrons. The minimum atomic E-state index is -4.39. The number of nitrogens with two attached hydrogens (primary N) is 1. The highest BCUT2D eigenvalue weighted by atomic mass is 19.4. The molecule has 0 aliphatic heterocycles. The van der Waals surface area contributed by atoms with E-state index in [2.05, 4.69) is 10.1 Å². The highest BCUT2D eigenvalue weighted by Crippen LogP contribution is 2.31. The fourth-order valence-electron chi connectivity index (χ4n) is 1.47. The van der Waals surface area contributed by atoms with Crippen molar-refractivity contribution >= 4 is 5.69 Å². The summed E-state index contributed by atoms with van der Waals surface area (Å²) in [6.07, 6.45) is 0.748. The second-order valence-corrected chi connectivity index (χ2v) is 3.50. The van der Waals surface area contributed by atoms with E-state index in [4.69, 9.17) is 5.73 Å². The van der Waals surface area contributed by atoms with Crippen LogP contribution in [0.5, 0.6) is 0 Å². The molecule has 2 heterocycles. The van der Waals surface area contributed by atoms with E-state index >= 15 is 0 Å². The van der Waals surface area contributed by atoms with Gasteiger partial charge < -0.3 is 5.73 Å². The van der Waals surface area contributed by atoms with Gasteiger partial charge in [-0.25, -0.2) is 0 Å². The molecular formula is C10H9F3N4. The summed E-state index contributed by atoms with van der Waals surface area (Å²) in [5, 5.41) is 3.83. The largest absolute Gasteiger partial charge is 0.416 e. The molecule has 90 valence electrons. The quantitative estimate of drug-likeness (QED) is 0.875. The summed E-state index contributed by atoms with van der Waals surface area (Å²) in [4.78, 5) is 3.69. The van der Waals surface area contributed by atoms with Gasteiger partial charge in [-0.3, -0.25) is 9.67 Å². The number of anilines is 1. The Morgan fingerprint density at radius 3 is 2.65 bits per heavy atom. The number of alkyl halides is 3. The molecule has 0 saturated carbocycles. The van der Waals surface area contributed by atoms with Gasteiger partial charge in [-0.05, 0) is 6.07 Å². The molecular weight excluding hydrogens is 233 g/mol. The van der Waals surface area contributed by atoms with Gasteiger partial charge >= 0.3 is 6.18 Å². The molecule has 0 amide bonds.